The summed E-state index contributed by atoms with van der Waals surface area (Å²) < 4.78 is 10.3. The van der Waals surface area contributed by atoms with Gasteiger partial charge >= 0.3 is 61.5 Å². The van der Waals surface area contributed by atoms with E-state index in [4.69, 9.17) is 46.7 Å². The molecule has 1 aromatic rings. The predicted octanol–water partition coefficient (Wildman–Crippen LogP) is 6.07. The molecule has 0 aliphatic heterocycles. The molecule has 0 fully saturated rings. The van der Waals surface area contributed by atoms with E-state index in [1.807, 2.05) is 27.7 Å². The summed E-state index contributed by atoms with van der Waals surface area (Å²) >= 11 is -3.11. The molecule has 0 heterocycles. The molecule has 0 saturated carbocycles. The minimum absolute atomic E-state index is 0.249. The van der Waals surface area contributed by atoms with E-state index in [9.17, 15) is 9.59 Å². The monoisotopic (exact) mass is 466 g/mol. The van der Waals surface area contributed by atoms with Gasteiger partial charge in [-0.3, -0.25) is 0 Å². The SMILES string of the molecule is CC(C)COC(=O)c1ccccc1C(=O)OCC(C)C.[Cl][Ti]([Cl])([Cl])[Cl]. The van der Waals surface area contributed by atoms with Crippen LogP contribution in [0.4, 0.5) is 0 Å². The third-order valence-electron chi connectivity index (χ3n) is 2.46. The number of benzene rings is 1. The van der Waals surface area contributed by atoms with Crippen LogP contribution < -0.4 is 0 Å². The quantitative estimate of drug-likeness (QED) is 0.376. The first kappa shape index (κ1) is 25.0. The van der Waals surface area contributed by atoms with Crippen LogP contribution in [0.25, 0.3) is 0 Å². The van der Waals surface area contributed by atoms with E-state index in [1.54, 1.807) is 24.3 Å². The first-order chi connectivity index (χ1) is 11.4. The molecule has 0 unspecified atom stereocenters. The summed E-state index contributed by atoms with van der Waals surface area (Å²) in [4.78, 5) is 24.0. The van der Waals surface area contributed by atoms with Gasteiger partial charge in [-0.15, -0.1) is 0 Å². The Morgan fingerprint density at radius 1 is 0.840 bits per heavy atom. The standard InChI is InChI=1S/C16H22O4.4ClH.Ti/c1-11(2)9-19-15(17)13-7-5-6-8-14(13)16(18)20-10-12(3)4;;;;;/h5-8,11-12H,9-10H2,1-4H3;4*1H;/q;;;;;+4/p-4. The van der Waals surface area contributed by atoms with Crippen LogP contribution in [0.1, 0.15) is 48.4 Å². The van der Waals surface area contributed by atoms with Crippen molar-refractivity contribution in [3.63, 3.8) is 0 Å². The van der Waals surface area contributed by atoms with Crippen molar-refractivity contribution in [2.24, 2.45) is 11.8 Å². The van der Waals surface area contributed by atoms with Gasteiger partial charge in [-0.1, -0.05) is 39.8 Å². The van der Waals surface area contributed by atoms with E-state index in [0.717, 1.165) is 0 Å². The van der Waals surface area contributed by atoms with Crippen LogP contribution in [-0.4, -0.2) is 25.2 Å². The zero-order valence-electron chi connectivity index (χ0n) is 14.5. The molecule has 0 N–H and O–H groups in total. The molecule has 25 heavy (non-hydrogen) atoms. The second-order valence-corrected chi connectivity index (χ2v) is 21.4. The topological polar surface area (TPSA) is 52.6 Å². The van der Waals surface area contributed by atoms with Crippen molar-refractivity contribution >= 4 is 49.2 Å². The summed E-state index contributed by atoms with van der Waals surface area (Å²) in [6.45, 7) is 8.47. The third kappa shape index (κ3) is 13.8. The molecule has 0 saturated heterocycles. The van der Waals surface area contributed by atoms with Gasteiger partial charge in [0.1, 0.15) is 0 Å². The number of hydrogen-bond acceptors (Lipinski definition) is 4. The van der Waals surface area contributed by atoms with Crippen LogP contribution in [-0.2, 0) is 21.8 Å². The van der Waals surface area contributed by atoms with Crippen molar-refractivity contribution in [3.05, 3.63) is 35.4 Å². The Labute approximate surface area is 167 Å². The van der Waals surface area contributed by atoms with Gasteiger partial charge in [0, 0.05) is 0 Å². The van der Waals surface area contributed by atoms with Crippen molar-refractivity contribution in [1.29, 1.82) is 0 Å². The molecule has 1 rings (SSSR count). The summed E-state index contributed by atoms with van der Waals surface area (Å²) in [7, 11) is 20.1. The average molecular weight is 468 g/mol. The van der Waals surface area contributed by atoms with Crippen LogP contribution >= 0.6 is 37.2 Å². The zero-order valence-corrected chi connectivity index (χ0v) is 19.1. The van der Waals surface area contributed by atoms with Crippen LogP contribution in [0.5, 0.6) is 0 Å². The Bertz CT molecular complexity index is 510. The number of hydrogen-bond donors (Lipinski definition) is 0. The molecule has 0 radical (unpaired) electrons. The summed E-state index contributed by atoms with van der Waals surface area (Å²) in [5.74, 6) is -0.482. The minimum atomic E-state index is -3.11. The van der Waals surface area contributed by atoms with E-state index in [0.29, 0.717) is 13.2 Å². The van der Waals surface area contributed by atoms with Gasteiger partial charge in [0.2, 0.25) is 0 Å². The number of carbonyl (C=O) groups is 2. The fraction of sp³-hybridized carbons (Fsp3) is 0.500. The Morgan fingerprint density at radius 2 is 1.12 bits per heavy atom. The van der Waals surface area contributed by atoms with Crippen LogP contribution in [0, 0.1) is 11.8 Å². The molecule has 0 aromatic heterocycles. The van der Waals surface area contributed by atoms with E-state index in [2.05, 4.69) is 0 Å². The zero-order chi connectivity index (χ0) is 19.6. The normalized spacial score (nSPS) is 11.0. The fourth-order valence-electron chi connectivity index (χ4n) is 1.48. The summed E-state index contributed by atoms with van der Waals surface area (Å²) in [6, 6.07) is 6.56. The fourth-order valence-corrected chi connectivity index (χ4v) is 1.48. The number of carbonyl (C=O) groups excluding carboxylic acids is 2. The molecule has 0 atom stereocenters. The van der Waals surface area contributed by atoms with Crippen molar-refractivity contribution in [2.75, 3.05) is 13.2 Å². The van der Waals surface area contributed by atoms with E-state index >= 15 is 0 Å². The molecule has 0 aliphatic carbocycles. The maximum absolute atomic E-state index is 12.0. The Hall–Kier alpha value is 0.0343. The van der Waals surface area contributed by atoms with Crippen molar-refractivity contribution in [2.45, 2.75) is 27.7 Å². The number of ether oxygens (including phenoxy) is 2. The summed E-state index contributed by atoms with van der Waals surface area (Å²) in [6.07, 6.45) is 0. The van der Waals surface area contributed by atoms with Gasteiger partial charge in [0.15, 0.2) is 0 Å². The second-order valence-electron chi connectivity index (χ2n) is 5.96. The van der Waals surface area contributed by atoms with Crippen LogP contribution in [0.15, 0.2) is 24.3 Å². The molecule has 9 heteroatoms. The van der Waals surface area contributed by atoms with Crippen LogP contribution in [0.3, 0.4) is 0 Å². The van der Waals surface area contributed by atoms with E-state index in [1.165, 1.54) is 0 Å². The number of rotatable bonds is 6. The van der Waals surface area contributed by atoms with Gasteiger partial charge < -0.3 is 9.47 Å². The molecular formula is C16H22Cl4O4Ti. The van der Waals surface area contributed by atoms with Gasteiger partial charge in [-0.2, -0.15) is 0 Å². The second kappa shape index (κ2) is 12.4. The molecule has 4 nitrogen and oxygen atoms in total. The number of halogens is 4. The maximum atomic E-state index is 12.0. The van der Waals surface area contributed by atoms with Crippen molar-refractivity contribution in [1.82, 2.24) is 0 Å². The molecule has 142 valence electrons. The van der Waals surface area contributed by atoms with E-state index < -0.39 is 24.3 Å². The first-order valence-electron chi connectivity index (χ1n) is 7.60. The van der Waals surface area contributed by atoms with Gasteiger partial charge in [0.25, 0.3) is 0 Å². The summed E-state index contributed by atoms with van der Waals surface area (Å²) in [5, 5.41) is 0. The van der Waals surface area contributed by atoms with E-state index in [-0.39, 0.29) is 23.0 Å². The van der Waals surface area contributed by atoms with Crippen molar-refractivity contribution < 1.29 is 31.4 Å². The van der Waals surface area contributed by atoms with Crippen LogP contribution in [0.2, 0.25) is 0 Å². The molecular weight excluding hydrogens is 446 g/mol. The van der Waals surface area contributed by atoms with Crippen molar-refractivity contribution in [3.8, 4) is 0 Å². The van der Waals surface area contributed by atoms with Gasteiger partial charge in [0.05, 0.1) is 24.3 Å². The first-order valence-corrected chi connectivity index (χ1v) is 16.2. The molecule has 1 aromatic carbocycles. The molecule has 0 bridgehead atoms. The van der Waals surface area contributed by atoms with Gasteiger partial charge in [-0.25, -0.2) is 9.59 Å². The molecule has 0 spiro atoms. The predicted molar refractivity (Wildman–Crippen MR) is 100 cm³/mol. The third-order valence-corrected chi connectivity index (χ3v) is 2.46. The Kier molecular flexibility index (Phi) is 12.4. The molecule has 0 aliphatic rings. The average Bonchev–Trinajstić information content (AvgIpc) is 2.48. The van der Waals surface area contributed by atoms with Gasteiger partial charge in [-0.05, 0) is 24.0 Å². The number of esters is 2. The summed E-state index contributed by atoms with van der Waals surface area (Å²) in [5.41, 5.74) is 0.504. The Morgan fingerprint density at radius 3 is 1.36 bits per heavy atom. The molecule has 0 amide bonds. The Balaban J connectivity index is 0.00000101.